The molecule has 7 heteroatoms. The minimum atomic E-state index is -0.397. The van der Waals surface area contributed by atoms with Crippen molar-refractivity contribution in [3.05, 3.63) is 111 Å². The number of benzene rings is 3. The van der Waals surface area contributed by atoms with Crippen molar-refractivity contribution in [2.45, 2.75) is 19.5 Å². The first-order chi connectivity index (χ1) is 16.0. The molecule has 1 aromatic heterocycles. The molecule has 0 bridgehead atoms. The molecule has 3 aromatic carbocycles. The Morgan fingerprint density at radius 2 is 1.55 bits per heavy atom. The van der Waals surface area contributed by atoms with Crippen molar-refractivity contribution in [2.75, 3.05) is 13.7 Å². The van der Waals surface area contributed by atoms with Gasteiger partial charge in [0, 0.05) is 13.1 Å². The summed E-state index contributed by atoms with van der Waals surface area (Å²) in [6.07, 6.45) is 0.645. The highest BCUT2D eigenvalue weighted by Gasteiger charge is 2.17. The molecular formula is C26H25N3O4. The zero-order chi connectivity index (χ0) is 23.2. The number of hydrogen-bond donors (Lipinski definition) is 1. The molecule has 7 nitrogen and oxygen atoms in total. The minimum absolute atomic E-state index is 0.242. The maximum absolute atomic E-state index is 13.3. The third-order valence-corrected chi connectivity index (χ3v) is 5.58. The smallest absolute Gasteiger partial charge is 0.273 e. The van der Waals surface area contributed by atoms with Gasteiger partial charge >= 0.3 is 0 Å². The lowest BCUT2D eigenvalue weighted by Crippen LogP contribution is -2.39. The van der Waals surface area contributed by atoms with E-state index < -0.39 is 11.1 Å². The van der Waals surface area contributed by atoms with E-state index in [0.29, 0.717) is 30.3 Å². The van der Waals surface area contributed by atoms with Crippen LogP contribution in [0.2, 0.25) is 0 Å². The molecule has 1 N–H and O–H groups in total. The van der Waals surface area contributed by atoms with E-state index in [1.165, 1.54) is 0 Å². The van der Waals surface area contributed by atoms with Crippen molar-refractivity contribution < 1.29 is 9.53 Å². The quantitative estimate of drug-likeness (QED) is 0.454. The van der Waals surface area contributed by atoms with E-state index in [9.17, 15) is 14.4 Å². The summed E-state index contributed by atoms with van der Waals surface area (Å²) in [5.41, 5.74) is 1.26. The van der Waals surface area contributed by atoms with Crippen LogP contribution in [0, 0.1) is 0 Å². The molecule has 4 rings (SSSR count). The maximum Gasteiger partial charge on any atom is 0.273 e. The average Bonchev–Trinajstić information content (AvgIpc) is 2.85. The number of carbonyl (C=O) groups excluding carboxylic acids is 1. The van der Waals surface area contributed by atoms with Gasteiger partial charge in [0.25, 0.3) is 11.1 Å². The topological polar surface area (TPSA) is 84.4 Å². The molecule has 0 aliphatic rings. The largest absolute Gasteiger partial charge is 0.497 e. The van der Waals surface area contributed by atoms with Crippen LogP contribution in [0.15, 0.2) is 88.5 Å². The normalized spacial score (nSPS) is 10.8. The lowest BCUT2D eigenvalue weighted by atomic mass is 10.1. The number of nitrogens with zero attached hydrogens (tertiary/aromatic N) is 2. The molecule has 0 unspecified atom stereocenters. The van der Waals surface area contributed by atoms with E-state index in [4.69, 9.17) is 4.74 Å². The van der Waals surface area contributed by atoms with E-state index in [1.807, 2.05) is 54.6 Å². The number of ether oxygens (including phenoxy) is 1. The minimum Gasteiger partial charge on any atom is -0.497 e. The van der Waals surface area contributed by atoms with Crippen molar-refractivity contribution in [3.63, 3.8) is 0 Å². The zero-order valence-corrected chi connectivity index (χ0v) is 18.4. The first-order valence-electron chi connectivity index (χ1n) is 10.7. The summed E-state index contributed by atoms with van der Waals surface area (Å²) in [6.45, 7) is 0.628. The molecule has 168 valence electrons. The Hall–Kier alpha value is -4.13. The van der Waals surface area contributed by atoms with Crippen LogP contribution in [0.5, 0.6) is 5.75 Å². The molecule has 0 saturated heterocycles. The Morgan fingerprint density at radius 1 is 0.879 bits per heavy atom. The van der Waals surface area contributed by atoms with Gasteiger partial charge in [-0.15, -0.1) is 0 Å². The van der Waals surface area contributed by atoms with Gasteiger partial charge in [-0.3, -0.25) is 19.5 Å². The molecule has 0 aliphatic carbocycles. The summed E-state index contributed by atoms with van der Waals surface area (Å²) < 4.78 is 6.30. The number of fused-ring (bicyclic) bond motifs is 1. The molecule has 0 aliphatic heterocycles. The highest BCUT2D eigenvalue weighted by molar-refractivity contribution is 5.81. The predicted molar refractivity (Wildman–Crippen MR) is 127 cm³/mol. The van der Waals surface area contributed by atoms with E-state index in [0.717, 1.165) is 21.6 Å². The number of carbonyl (C=O) groups is 1. The third-order valence-electron chi connectivity index (χ3n) is 5.58. The fraction of sp³-hybridized carbons (Fsp3) is 0.192. The molecule has 0 atom stereocenters. The number of aromatic amines is 1. The van der Waals surface area contributed by atoms with Gasteiger partial charge in [0.2, 0.25) is 5.91 Å². The van der Waals surface area contributed by atoms with Crippen molar-refractivity contribution in [1.29, 1.82) is 0 Å². The Kier molecular flexibility index (Phi) is 6.69. The molecule has 0 spiro atoms. The summed E-state index contributed by atoms with van der Waals surface area (Å²) in [5, 5.41) is 3.15. The maximum atomic E-state index is 13.3. The number of nitrogens with one attached hydrogen (secondary N) is 1. The summed E-state index contributed by atoms with van der Waals surface area (Å²) >= 11 is 0. The number of aromatic nitrogens is 2. The molecule has 0 saturated carbocycles. The summed E-state index contributed by atoms with van der Waals surface area (Å²) in [5.74, 6) is 0.524. The van der Waals surface area contributed by atoms with Gasteiger partial charge in [-0.2, -0.15) is 0 Å². The van der Waals surface area contributed by atoms with Crippen LogP contribution in [-0.4, -0.2) is 34.2 Å². The molecule has 0 fully saturated rings. The molecule has 33 heavy (non-hydrogen) atoms. The second kappa shape index (κ2) is 9.99. The second-order valence-corrected chi connectivity index (χ2v) is 7.78. The Labute approximate surface area is 190 Å². The third kappa shape index (κ3) is 5.20. The summed E-state index contributed by atoms with van der Waals surface area (Å²) in [7, 11) is 1.62. The van der Waals surface area contributed by atoms with Gasteiger partial charge in [0.15, 0.2) is 0 Å². The van der Waals surface area contributed by atoms with Gasteiger partial charge in [-0.25, -0.2) is 4.68 Å². The zero-order valence-electron chi connectivity index (χ0n) is 18.4. The number of H-pyrrole nitrogens is 1. The predicted octanol–water partition coefficient (Wildman–Crippen LogP) is 2.97. The lowest BCUT2D eigenvalue weighted by Gasteiger charge is -2.23. The highest BCUT2D eigenvalue weighted by Crippen LogP contribution is 2.13. The van der Waals surface area contributed by atoms with E-state index in [-0.39, 0.29) is 12.5 Å². The van der Waals surface area contributed by atoms with E-state index in [2.05, 4.69) is 5.10 Å². The van der Waals surface area contributed by atoms with Gasteiger partial charge in [0.05, 0.1) is 17.9 Å². The number of rotatable bonds is 8. The van der Waals surface area contributed by atoms with Crippen LogP contribution < -0.4 is 15.9 Å². The van der Waals surface area contributed by atoms with Crippen LogP contribution in [0.3, 0.4) is 0 Å². The van der Waals surface area contributed by atoms with Gasteiger partial charge in [-0.1, -0.05) is 54.6 Å². The van der Waals surface area contributed by atoms with E-state index in [1.54, 1.807) is 36.3 Å². The average molecular weight is 444 g/mol. The first-order valence-corrected chi connectivity index (χ1v) is 10.7. The number of hydrogen-bond acceptors (Lipinski definition) is 4. The Bertz CT molecular complexity index is 1360. The molecular weight excluding hydrogens is 418 g/mol. The van der Waals surface area contributed by atoms with Gasteiger partial charge < -0.3 is 9.64 Å². The molecule has 1 amide bonds. The Balaban J connectivity index is 1.57. The standard InChI is InChI=1S/C26H25N3O4/c1-33-21-13-11-19(12-14-21)15-16-28(17-20-7-3-2-4-8-20)24(30)18-29-26(32)23-10-6-5-9-22(23)25(31)27-29/h2-14H,15-18H2,1H3,(H,27,31). The summed E-state index contributed by atoms with van der Waals surface area (Å²) in [6, 6.07) is 24.0. The van der Waals surface area contributed by atoms with Crippen molar-refractivity contribution in [1.82, 2.24) is 14.7 Å². The number of amides is 1. The van der Waals surface area contributed by atoms with Gasteiger partial charge in [-0.05, 0) is 41.8 Å². The number of methoxy groups -OCH3 is 1. The first kappa shape index (κ1) is 22.1. The Morgan fingerprint density at radius 3 is 2.24 bits per heavy atom. The SMILES string of the molecule is COc1ccc(CCN(Cc2ccccc2)C(=O)Cn2[nH]c(=O)c3ccccc3c2=O)cc1. The molecule has 4 aromatic rings. The summed E-state index contributed by atoms with van der Waals surface area (Å²) in [4.78, 5) is 40.2. The fourth-order valence-corrected chi connectivity index (χ4v) is 3.75. The van der Waals surface area contributed by atoms with Gasteiger partial charge in [0.1, 0.15) is 12.3 Å². The van der Waals surface area contributed by atoms with Crippen LogP contribution >= 0.6 is 0 Å². The van der Waals surface area contributed by atoms with Crippen molar-refractivity contribution in [3.8, 4) is 5.75 Å². The second-order valence-electron chi connectivity index (χ2n) is 7.78. The molecule has 1 heterocycles. The van der Waals surface area contributed by atoms with Crippen LogP contribution in [0.1, 0.15) is 11.1 Å². The van der Waals surface area contributed by atoms with E-state index >= 15 is 0 Å². The van der Waals surface area contributed by atoms with Crippen molar-refractivity contribution >= 4 is 16.7 Å². The molecule has 0 radical (unpaired) electrons. The van der Waals surface area contributed by atoms with Crippen LogP contribution in [0.4, 0.5) is 0 Å². The van der Waals surface area contributed by atoms with Crippen molar-refractivity contribution in [2.24, 2.45) is 0 Å². The van der Waals surface area contributed by atoms with Crippen LogP contribution in [-0.2, 0) is 24.3 Å². The van der Waals surface area contributed by atoms with Crippen LogP contribution in [0.25, 0.3) is 10.8 Å². The fourth-order valence-electron chi connectivity index (χ4n) is 3.75. The lowest BCUT2D eigenvalue weighted by molar-refractivity contribution is -0.132. The highest BCUT2D eigenvalue weighted by atomic mass is 16.5. The monoisotopic (exact) mass is 443 g/mol.